The van der Waals surface area contributed by atoms with Crippen molar-refractivity contribution in [1.29, 1.82) is 0 Å². The molecule has 3 aromatic rings. The first-order valence-electron chi connectivity index (χ1n) is 6.33. The molecule has 0 aliphatic carbocycles. The van der Waals surface area contributed by atoms with Crippen LogP contribution in [0.1, 0.15) is 0 Å². The van der Waals surface area contributed by atoms with Gasteiger partial charge >= 0.3 is 0 Å². The monoisotopic (exact) mass is 360 g/mol. The Kier molecular flexibility index (Phi) is 4.03. The number of ether oxygens (including phenoxy) is 1. The van der Waals surface area contributed by atoms with E-state index in [4.69, 9.17) is 10.5 Å². The molecular formula is C16H13BrN2OS. The maximum absolute atomic E-state index is 6.13. The summed E-state index contributed by atoms with van der Waals surface area (Å²) in [5.74, 6) is 0.832. The molecule has 0 unspecified atom stereocenters. The van der Waals surface area contributed by atoms with Gasteiger partial charge in [0.15, 0.2) is 0 Å². The molecule has 5 heteroatoms. The van der Waals surface area contributed by atoms with Crippen LogP contribution in [0.2, 0.25) is 0 Å². The summed E-state index contributed by atoms with van der Waals surface area (Å²) in [6.07, 6.45) is 1.71. The highest BCUT2D eigenvalue weighted by Crippen LogP contribution is 2.38. The second-order valence-electron chi connectivity index (χ2n) is 4.49. The van der Waals surface area contributed by atoms with E-state index in [9.17, 15) is 0 Å². The van der Waals surface area contributed by atoms with Crippen LogP contribution in [0.25, 0.3) is 10.9 Å². The van der Waals surface area contributed by atoms with Gasteiger partial charge in [-0.25, -0.2) is 0 Å². The molecular weight excluding hydrogens is 348 g/mol. The average Bonchev–Trinajstić information content (AvgIpc) is 2.50. The molecule has 1 heterocycles. The van der Waals surface area contributed by atoms with Crippen LogP contribution in [0.5, 0.6) is 5.75 Å². The molecule has 3 rings (SSSR count). The fourth-order valence-corrected chi connectivity index (χ4v) is 3.41. The molecule has 2 N–H and O–H groups in total. The smallest absolute Gasteiger partial charge is 0.119 e. The van der Waals surface area contributed by atoms with Crippen LogP contribution < -0.4 is 10.5 Å². The fraction of sp³-hybridized carbons (Fsp3) is 0.0625. The number of hydrogen-bond acceptors (Lipinski definition) is 4. The van der Waals surface area contributed by atoms with E-state index in [-0.39, 0.29) is 0 Å². The summed E-state index contributed by atoms with van der Waals surface area (Å²) in [7, 11) is 1.66. The van der Waals surface area contributed by atoms with Crippen molar-refractivity contribution in [2.45, 2.75) is 9.79 Å². The minimum absolute atomic E-state index is 0.674. The quantitative estimate of drug-likeness (QED) is 0.732. The van der Waals surface area contributed by atoms with Crippen molar-refractivity contribution in [2.75, 3.05) is 12.8 Å². The molecule has 0 bridgehead atoms. The first-order chi connectivity index (χ1) is 10.2. The van der Waals surface area contributed by atoms with E-state index >= 15 is 0 Å². The summed E-state index contributed by atoms with van der Waals surface area (Å²) < 4.78 is 6.27. The molecule has 2 aromatic carbocycles. The van der Waals surface area contributed by atoms with Gasteiger partial charge in [-0.05, 0) is 36.4 Å². The van der Waals surface area contributed by atoms with Crippen LogP contribution in [-0.2, 0) is 0 Å². The lowest BCUT2D eigenvalue weighted by Gasteiger charge is -2.10. The van der Waals surface area contributed by atoms with Gasteiger partial charge in [-0.3, -0.25) is 4.98 Å². The number of halogens is 1. The van der Waals surface area contributed by atoms with Crippen molar-refractivity contribution in [1.82, 2.24) is 4.98 Å². The van der Waals surface area contributed by atoms with Crippen LogP contribution in [0.15, 0.2) is 62.9 Å². The summed E-state index contributed by atoms with van der Waals surface area (Å²) in [5, 5.41) is 1.04. The predicted molar refractivity (Wildman–Crippen MR) is 91.0 cm³/mol. The lowest BCUT2D eigenvalue weighted by molar-refractivity contribution is 0.413. The van der Waals surface area contributed by atoms with Gasteiger partial charge in [-0.15, -0.1) is 0 Å². The maximum atomic E-state index is 6.13. The number of hydrogen-bond donors (Lipinski definition) is 1. The third kappa shape index (κ3) is 2.99. The van der Waals surface area contributed by atoms with Crippen LogP contribution in [0, 0.1) is 0 Å². The first kappa shape index (κ1) is 14.2. The van der Waals surface area contributed by atoms with Gasteiger partial charge in [-0.1, -0.05) is 33.8 Å². The summed E-state index contributed by atoms with van der Waals surface area (Å²) in [6.45, 7) is 0. The van der Waals surface area contributed by atoms with E-state index in [1.54, 1.807) is 25.1 Å². The number of benzene rings is 2. The maximum Gasteiger partial charge on any atom is 0.119 e. The minimum atomic E-state index is 0.674. The molecule has 0 aliphatic rings. The Hall–Kier alpha value is -1.72. The lowest BCUT2D eigenvalue weighted by atomic mass is 10.2. The molecule has 0 aliphatic heterocycles. The third-order valence-corrected chi connectivity index (χ3v) is 4.71. The summed E-state index contributed by atoms with van der Waals surface area (Å²) in [4.78, 5) is 6.46. The Morgan fingerprint density at radius 2 is 2.05 bits per heavy atom. The van der Waals surface area contributed by atoms with E-state index in [0.717, 1.165) is 30.9 Å². The largest absolute Gasteiger partial charge is 0.497 e. The van der Waals surface area contributed by atoms with Crippen LogP contribution in [0.4, 0.5) is 5.69 Å². The number of pyridine rings is 1. The molecule has 0 saturated heterocycles. The van der Waals surface area contributed by atoms with Crippen molar-refractivity contribution in [2.24, 2.45) is 0 Å². The molecule has 3 nitrogen and oxygen atoms in total. The zero-order valence-corrected chi connectivity index (χ0v) is 13.7. The highest BCUT2D eigenvalue weighted by molar-refractivity contribution is 9.10. The van der Waals surface area contributed by atoms with Crippen molar-refractivity contribution in [3.8, 4) is 5.75 Å². The van der Waals surface area contributed by atoms with Gasteiger partial charge < -0.3 is 10.5 Å². The molecule has 0 saturated carbocycles. The van der Waals surface area contributed by atoms with E-state index in [0.29, 0.717) is 5.69 Å². The Morgan fingerprint density at radius 3 is 2.86 bits per heavy atom. The number of anilines is 1. The summed E-state index contributed by atoms with van der Waals surface area (Å²) >= 11 is 5.12. The van der Waals surface area contributed by atoms with Gasteiger partial charge in [-0.2, -0.15) is 0 Å². The molecule has 1 aromatic heterocycles. The predicted octanol–water partition coefficient (Wildman–Crippen LogP) is 4.74. The van der Waals surface area contributed by atoms with Crippen LogP contribution in [-0.4, -0.2) is 12.1 Å². The third-order valence-electron chi connectivity index (χ3n) is 3.07. The molecule has 0 radical (unpaired) electrons. The molecule has 106 valence electrons. The van der Waals surface area contributed by atoms with Gasteiger partial charge in [0.2, 0.25) is 0 Å². The Morgan fingerprint density at radius 1 is 1.19 bits per heavy atom. The van der Waals surface area contributed by atoms with Crippen molar-refractivity contribution < 1.29 is 4.74 Å². The van der Waals surface area contributed by atoms with Crippen molar-refractivity contribution in [3.63, 3.8) is 0 Å². The van der Waals surface area contributed by atoms with Crippen LogP contribution in [0.3, 0.4) is 0 Å². The average molecular weight is 361 g/mol. The van der Waals surface area contributed by atoms with E-state index in [1.807, 2.05) is 42.5 Å². The molecule has 0 amide bonds. The normalized spacial score (nSPS) is 10.8. The summed E-state index contributed by atoms with van der Waals surface area (Å²) in [6, 6.07) is 13.9. The Balaban J connectivity index is 2.10. The lowest BCUT2D eigenvalue weighted by Crippen LogP contribution is -1.92. The van der Waals surface area contributed by atoms with Crippen molar-refractivity contribution >= 4 is 44.3 Å². The SMILES string of the molecule is COc1cccc(Sc2c(N)cnc3ccc(Br)cc23)c1. The van der Waals surface area contributed by atoms with Gasteiger partial charge in [0.25, 0.3) is 0 Å². The van der Waals surface area contributed by atoms with Gasteiger partial charge in [0.1, 0.15) is 5.75 Å². The Bertz CT molecular complexity index is 802. The standard InChI is InChI=1S/C16H13BrN2OS/c1-20-11-3-2-4-12(8-11)21-16-13-7-10(17)5-6-15(13)19-9-14(16)18/h2-9H,18H2,1H3. The second-order valence-corrected chi connectivity index (χ2v) is 6.48. The number of fused-ring (bicyclic) bond motifs is 1. The van der Waals surface area contributed by atoms with Gasteiger partial charge in [0.05, 0.1) is 24.5 Å². The number of methoxy groups -OCH3 is 1. The highest BCUT2D eigenvalue weighted by atomic mass is 79.9. The van der Waals surface area contributed by atoms with E-state index in [1.165, 1.54) is 0 Å². The van der Waals surface area contributed by atoms with Crippen molar-refractivity contribution in [3.05, 3.63) is 53.1 Å². The second kappa shape index (κ2) is 5.95. The number of rotatable bonds is 3. The van der Waals surface area contributed by atoms with E-state index < -0.39 is 0 Å². The molecule has 0 atom stereocenters. The topological polar surface area (TPSA) is 48.1 Å². The molecule has 0 spiro atoms. The molecule has 0 fully saturated rings. The van der Waals surface area contributed by atoms with Gasteiger partial charge in [0, 0.05) is 19.6 Å². The first-order valence-corrected chi connectivity index (χ1v) is 7.94. The van der Waals surface area contributed by atoms with Crippen LogP contribution >= 0.6 is 27.7 Å². The highest BCUT2D eigenvalue weighted by Gasteiger charge is 2.09. The number of nitrogens with two attached hydrogens (primary N) is 1. The van der Waals surface area contributed by atoms with E-state index in [2.05, 4.69) is 20.9 Å². The summed E-state index contributed by atoms with van der Waals surface area (Å²) in [5.41, 5.74) is 7.73. The Labute approximate surface area is 135 Å². The minimum Gasteiger partial charge on any atom is -0.497 e. The number of nitrogens with zero attached hydrogens (tertiary/aromatic N) is 1. The number of aromatic nitrogens is 1. The molecule has 21 heavy (non-hydrogen) atoms. The zero-order chi connectivity index (χ0) is 14.8. The fourth-order valence-electron chi connectivity index (χ4n) is 2.05. The zero-order valence-electron chi connectivity index (χ0n) is 11.3. The number of nitrogen functional groups attached to an aromatic ring is 1.